The lowest BCUT2D eigenvalue weighted by Crippen LogP contribution is -2.60. The molecule has 12 rings (SSSR count). The molecule has 2 bridgehead atoms. The Morgan fingerprint density at radius 2 is 1.65 bits per heavy atom. The van der Waals surface area contributed by atoms with Crippen molar-refractivity contribution in [3.05, 3.63) is 106 Å². The lowest BCUT2D eigenvalue weighted by molar-refractivity contribution is -0.120. The molecule has 5 heterocycles. The van der Waals surface area contributed by atoms with Crippen molar-refractivity contribution in [2.75, 3.05) is 70.5 Å². The van der Waals surface area contributed by atoms with E-state index in [9.17, 15) is 19.5 Å². The van der Waals surface area contributed by atoms with E-state index < -0.39 is 35.1 Å². The summed E-state index contributed by atoms with van der Waals surface area (Å²) in [6.45, 7) is 8.92. The number of anilines is 1. The number of aliphatic hydroxyl groups is 1. The SMILES string of the molecule is CC1c2c(cc(F)c(Cl)c2-c2c(C(N)=O)ccc(OCCO)c2F)OC1(CNC12CCC(CN3CCC(CN4CCC(c5ccc6c(N7CCC(=O)NC7=O)nn(C)c6c5)CC4)CC3)(CC1)CC2)c1ccccc1. The number of nitrogens with two attached hydrogens (primary N) is 1. The summed E-state index contributed by atoms with van der Waals surface area (Å²) < 4.78 is 46.9. The molecule has 17 heteroatoms. The van der Waals surface area contributed by atoms with Crippen molar-refractivity contribution in [3.63, 3.8) is 0 Å². The fourth-order valence-corrected chi connectivity index (χ4v) is 13.9. The number of piperidine rings is 2. The monoisotopic (exact) mass is 1030 g/mol. The lowest BCUT2D eigenvalue weighted by atomic mass is 9.57. The second-order valence-electron chi connectivity index (χ2n) is 22.2. The van der Waals surface area contributed by atoms with Gasteiger partial charge in [0, 0.05) is 79.2 Å². The topological polar surface area (TPSA) is 168 Å². The van der Waals surface area contributed by atoms with Crippen molar-refractivity contribution in [1.29, 1.82) is 0 Å². The number of aromatic nitrogens is 2. The summed E-state index contributed by atoms with van der Waals surface area (Å²) in [6.07, 6.45) is 11.5. The molecule has 14 nitrogen and oxygen atoms in total. The molecule has 7 aliphatic rings. The van der Waals surface area contributed by atoms with Crippen LogP contribution in [0.25, 0.3) is 22.0 Å². The number of primary amides is 1. The molecular weight excluding hydrogens is 966 g/mol. The van der Waals surface area contributed by atoms with Gasteiger partial charge >= 0.3 is 6.03 Å². The third-order valence-electron chi connectivity index (χ3n) is 18.0. The molecule has 2 atom stereocenters. The van der Waals surface area contributed by atoms with Crippen LogP contribution in [-0.2, 0) is 17.4 Å². The van der Waals surface area contributed by atoms with E-state index in [1.165, 1.54) is 36.6 Å². The minimum atomic E-state index is -1.04. The number of aryl methyl sites for hydroxylation is 1. The van der Waals surface area contributed by atoms with Crippen LogP contribution >= 0.6 is 11.6 Å². The number of carbonyl (C=O) groups excluding carboxylic acids is 3. The Morgan fingerprint density at radius 1 is 0.932 bits per heavy atom. The lowest BCUT2D eigenvalue weighted by Gasteiger charge is -2.56. The Balaban J connectivity index is 0.702. The zero-order chi connectivity index (χ0) is 51.5. The van der Waals surface area contributed by atoms with E-state index in [0.29, 0.717) is 41.7 Å². The van der Waals surface area contributed by atoms with Crippen LogP contribution < -0.4 is 30.7 Å². The highest BCUT2D eigenvalue weighted by Crippen LogP contribution is 2.58. The molecule has 3 saturated carbocycles. The Hall–Kier alpha value is -5.65. The first-order chi connectivity index (χ1) is 35.7. The maximum absolute atomic E-state index is 16.6. The number of fused-ring (bicyclic) bond motifs is 5. The first-order valence-corrected chi connectivity index (χ1v) is 27.0. The Kier molecular flexibility index (Phi) is 13.7. The quantitative estimate of drug-likeness (QED) is 0.0797. The van der Waals surface area contributed by atoms with Crippen LogP contribution in [0.5, 0.6) is 11.5 Å². The smallest absolute Gasteiger partial charge is 0.329 e. The van der Waals surface area contributed by atoms with E-state index in [4.69, 9.17) is 26.8 Å². The summed E-state index contributed by atoms with van der Waals surface area (Å²) in [6, 6.07) is 19.8. The zero-order valence-corrected chi connectivity index (χ0v) is 43.1. The number of imide groups is 1. The third-order valence-corrected chi connectivity index (χ3v) is 18.4. The van der Waals surface area contributed by atoms with Crippen LogP contribution in [0.15, 0.2) is 66.7 Å². The van der Waals surface area contributed by atoms with Gasteiger partial charge < -0.3 is 35.4 Å². The molecule has 5 N–H and O–H groups in total. The van der Waals surface area contributed by atoms with E-state index in [1.807, 2.05) is 49.0 Å². The number of nitrogens with zero attached hydrogens (tertiary/aromatic N) is 5. The number of urea groups is 1. The van der Waals surface area contributed by atoms with Gasteiger partial charge in [-0.05, 0) is 143 Å². The van der Waals surface area contributed by atoms with Crippen molar-refractivity contribution < 1.29 is 37.7 Å². The molecule has 0 radical (unpaired) electrons. The number of halogens is 3. The molecule has 4 aromatic carbocycles. The molecule has 4 aliphatic heterocycles. The molecule has 4 amide bonds. The highest BCUT2D eigenvalue weighted by atomic mass is 35.5. The number of benzene rings is 4. The predicted octanol–water partition coefficient (Wildman–Crippen LogP) is 8.75. The van der Waals surface area contributed by atoms with Gasteiger partial charge in [-0.25, -0.2) is 13.6 Å². The molecule has 1 aromatic heterocycles. The van der Waals surface area contributed by atoms with Gasteiger partial charge in [0.2, 0.25) is 11.8 Å². The summed E-state index contributed by atoms with van der Waals surface area (Å²) in [7, 11) is 1.91. The van der Waals surface area contributed by atoms with Gasteiger partial charge in [0.15, 0.2) is 23.0 Å². The highest BCUT2D eigenvalue weighted by molar-refractivity contribution is 6.34. The number of likely N-dealkylation sites (tertiary alicyclic amines) is 2. The van der Waals surface area contributed by atoms with E-state index in [1.54, 1.807) is 4.90 Å². The van der Waals surface area contributed by atoms with Crippen LogP contribution in [0, 0.1) is 23.0 Å². The summed E-state index contributed by atoms with van der Waals surface area (Å²) in [5.74, 6) is -1.64. The Labute approximate surface area is 435 Å². The zero-order valence-electron chi connectivity index (χ0n) is 42.4. The number of amides is 4. The summed E-state index contributed by atoms with van der Waals surface area (Å²) in [5, 5.41) is 21.1. The highest BCUT2D eigenvalue weighted by Gasteiger charge is 2.54. The number of ether oxygens (including phenoxy) is 2. The van der Waals surface area contributed by atoms with Crippen LogP contribution in [0.3, 0.4) is 0 Å². The second kappa shape index (κ2) is 20.1. The minimum absolute atomic E-state index is 0.00337. The Morgan fingerprint density at radius 3 is 2.34 bits per heavy atom. The van der Waals surface area contributed by atoms with E-state index in [-0.39, 0.29) is 64.3 Å². The molecule has 2 unspecified atom stereocenters. The number of nitrogens with one attached hydrogen (secondary N) is 2. The first kappa shape index (κ1) is 50.5. The van der Waals surface area contributed by atoms with Crippen LogP contribution in [0.2, 0.25) is 5.02 Å². The van der Waals surface area contributed by atoms with Crippen molar-refractivity contribution in [3.8, 4) is 22.6 Å². The molecule has 6 fully saturated rings. The molecule has 392 valence electrons. The molecule has 5 aromatic rings. The molecular formula is C57H67ClF2N8O6. The predicted molar refractivity (Wildman–Crippen MR) is 280 cm³/mol. The number of hydrogen-bond donors (Lipinski definition) is 4. The average Bonchev–Trinajstić information content (AvgIpc) is 3.90. The van der Waals surface area contributed by atoms with Gasteiger partial charge in [0.1, 0.15) is 18.2 Å². The largest absolute Gasteiger partial charge is 0.488 e. The van der Waals surface area contributed by atoms with Crippen molar-refractivity contribution in [2.45, 2.75) is 101 Å². The van der Waals surface area contributed by atoms with Crippen LogP contribution in [-0.4, -0.2) is 114 Å². The minimum Gasteiger partial charge on any atom is -0.488 e. The molecule has 74 heavy (non-hydrogen) atoms. The van der Waals surface area contributed by atoms with Crippen molar-refractivity contribution >= 4 is 46.2 Å². The third kappa shape index (κ3) is 9.22. The number of hydrogen-bond acceptors (Lipinski definition) is 10. The summed E-state index contributed by atoms with van der Waals surface area (Å²) in [4.78, 5) is 44.2. The number of carbonyl (C=O) groups is 3. The molecule has 0 spiro atoms. The Bertz CT molecular complexity index is 2950. The fourth-order valence-electron chi connectivity index (χ4n) is 13.7. The molecule has 3 saturated heterocycles. The standard InChI is InChI=1S/C57H67ClF2N8O6/c1-35-47-45(31-42(59)50(58)49(47)48-41(52(61)71)10-11-44(51(48)60)73-29-28-69)74-57(35,39-6-4-3-5-7-39)33-62-56-20-17-55(18-21-56,19-22-56)34-67-23-12-36(13-24-67)32-66-25-14-37(15-26-66)38-8-9-40-43(30-38)65(2)64-53(40)68-27-16-46(70)63-54(68)72/h3-11,30-31,35-37,62,69H,12-29,32-34H2,1-2H3,(H2,61,71)(H,63,70,72). The van der Waals surface area contributed by atoms with E-state index in [0.717, 1.165) is 107 Å². The first-order valence-electron chi connectivity index (χ1n) is 26.6. The maximum Gasteiger partial charge on any atom is 0.329 e. The van der Waals surface area contributed by atoms with Gasteiger partial charge in [-0.2, -0.15) is 5.10 Å². The van der Waals surface area contributed by atoms with E-state index >= 15 is 8.78 Å². The van der Waals surface area contributed by atoms with Crippen LogP contribution in [0.4, 0.5) is 19.4 Å². The molecule has 3 aliphatic carbocycles. The van der Waals surface area contributed by atoms with Gasteiger partial charge in [-0.3, -0.25) is 24.5 Å². The van der Waals surface area contributed by atoms with E-state index in [2.05, 4.69) is 43.7 Å². The van der Waals surface area contributed by atoms with Gasteiger partial charge in [-0.15, -0.1) is 0 Å². The summed E-state index contributed by atoms with van der Waals surface area (Å²) >= 11 is 6.79. The second-order valence-corrected chi connectivity index (χ2v) is 22.6. The van der Waals surface area contributed by atoms with Crippen LogP contribution in [0.1, 0.15) is 116 Å². The number of rotatable bonds is 15. The van der Waals surface area contributed by atoms with Crippen molar-refractivity contribution in [1.82, 2.24) is 30.2 Å². The average molecular weight is 1030 g/mol. The normalized spacial score (nSPS) is 25.9. The van der Waals surface area contributed by atoms with Gasteiger partial charge in [0.25, 0.3) is 0 Å². The fraction of sp³-hybridized carbons (Fsp3) is 0.509. The maximum atomic E-state index is 16.6. The van der Waals surface area contributed by atoms with Crippen molar-refractivity contribution in [2.24, 2.45) is 24.1 Å². The van der Waals surface area contributed by atoms with Gasteiger partial charge in [0.05, 0.1) is 22.7 Å². The summed E-state index contributed by atoms with van der Waals surface area (Å²) in [5.41, 5.74) is 8.20. The number of aliphatic hydroxyl groups excluding tert-OH is 1. The van der Waals surface area contributed by atoms with Gasteiger partial charge in [-0.1, -0.05) is 54.9 Å².